The second kappa shape index (κ2) is 11.5. The van der Waals surface area contributed by atoms with Crippen LogP contribution in [0.15, 0.2) is 30.5 Å². The maximum Gasteiger partial charge on any atom is 0.159 e. The zero-order chi connectivity index (χ0) is 27.6. The van der Waals surface area contributed by atoms with Gasteiger partial charge in [-0.25, -0.2) is 0 Å². The first-order chi connectivity index (χ1) is 18.2. The van der Waals surface area contributed by atoms with Crippen molar-refractivity contribution in [2.75, 3.05) is 50.6 Å². The fourth-order valence-corrected chi connectivity index (χ4v) is 5.60. The highest BCUT2D eigenvalue weighted by molar-refractivity contribution is 5.59. The zero-order valence-electron chi connectivity index (χ0n) is 23.6. The molecule has 1 aromatic carbocycles. The minimum atomic E-state index is -0.0901. The van der Waals surface area contributed by atoms with Crippen molar-refractivity contribution >= 4 is 23.8 Å². The Hall–Kier alpha value is -3.41. The van der Waals surface area contributed by atoms with Crippen molar-refractivity contribution in [2.45, 2.75) is 52.2 Å². The van der Waals surface area contributed by atoms with Crippen LogP contribution in [0.1, 0.15) is 49.9 Å². The highest BCUT2D eigenvalue weighted by Gasteiger charge is 2.32. The molecule has 0 aliphatic carbocycles. The van der Waals surface area contributed by atoms with E-state index in [0.717, 1.165) is 59.1 Å². The zero-order valence-corrected chi connectivity index (χ0v) is 23.6. The first-order valence-corrected chi connectivity index (χ1v) is 13.5. The highest BCUT2D eigenvalue weighted by Crippen LogP contribution is 2.27. The summed E-state index contributed by atoms with van der Waals surface area (Å²) in [6.45, 7) is 15.5. The summed E-state index contributed by atoms with van der Waals surface area (Å²) >= 11 is 0. The van der Waals surface area contributed by atoms with E-state index in [1.54, 1.807) is 0 Å². The van der Waals surface area contributed by atoms with Gasteiger partial charge < -0.3 is 25.1 Å². The van der Waals surface area contributed by atoms with Gasteiger partial charge in [0.05, 0.1) is 30.3 Å². The number of hydrogen-bond donors (Lipinski definition) is 2. The van der Waals surface area contributed by atoms with Crippen LogP contribution in [0.2, 0.25) is 0 Å². The molecule has 2 fully saturated rings. The van der Waals surface area contributed by atoms with Crippen molar-refractivity contribution in [3.63, 3.8) is 0 Å². The molecule has 0 radical (unpaired) electrons. The predicted molar refractivity (Wildman–Crippen MR) is 154 cm³/mol. The normalized spacial score (nSPS) is 21.6. The Kier molecular flexibility index (Phi) is 8.39. The summed E-state index contributed by atoms with van der Waals surface area (Å²) in [7, 11) is 4.21. The molecule has 202 valence electrons. The van der Waals surface area contributed by atoms with E-state index in [0.29, 0.717) is 23.3 Å². The molecule has 3 atom stereocenters. The topological polar surface area (TPSA) is 91.5 Å². The molecule has 1 unspecified atom stereocenters. The fraction of sp³-hybridized carbons (Fsp3) is 0.500. The van der Waals surface area contributed by atoms with Gasteiger partial charge in [0, 0.05) is 41.8 Å². The van der Waals surface area contributed by atoms with Gasteiger partial charge in [-0.3, -0.25) is 0 Å². The molecule has 2 aromatic rings. The van der Waals surface area contributed by atoms with Crippen molar-refractivity contribution in [1.82, 2.24) is 20.0 Å². The van der Waals surface area contributed by atoms with Gasteiger partial charge in [-0.05, 0) is 70.5 Å². The second-order valence-corrected chi connectivity index (χ2v) is 10.9. The third kappa shape index (κ3) is 5.27. The maximum absolute atomic E-state index is 10.0. The van der Waals surface area contributed by atoms with E-state index >= 15 is 0 Å². The number of nitrogens with zero attached hydrogens (tertiary/aromatic N) is 6. The lowest BCUT2D eigenvalue weighted by molar-refractivity contribution is 0.169. The molecule has 1 aromatic heterocycles. The van der Waals surface area contributed by atoms with E-state index in [-0.39, 0.29) is 18.7 Å². The maximum atomic E-state index is 10.0. The predicted octanol–water partition coefficient (Wildman–Crippen LogP) is 2.38. The van der Waals surface area contributed by atoms with E-state index in [9.17, 15) is 10.4 Å². The van der Waals surface area contributed by atoms with E-state index in [1.165, 1.54) is 0 Å². The van der Waals surface area contributed by atoms with Gasteiger partial charge in [-0.15, -0.1) is 10.2 Å². The van der Waals surface area contributed by atoms with Crippen LogP contribution in [-0.4, -0.2) is 77.5 Å². The van der Waals surface area contributed by atoms with Crippen molar-refractivity contribution in [3.8, 4) is 6.07 Å². The van der Waals surface area contributed by atoms with Crippen molar-refractivity contribution < 1.29 is 5.11 Å². The number of allylic oxidation sites excluding steroid dienone is 1. The molecular formula is C30H41N7O. The smallest absolute Gasteiger partial charge is 0.159 e. The van der Waals surface area contributed by atoms with Crippen LogP contribution in [0.5, 0.6) is 0 Å². The molecule has 8 nitrogen and oxygen atoms in total. The number of hydrogen-bond acceptors (Lipinski definition) is 8. The first-order valence-electron chi connectivity index (χ1n) is 13.5. The Morgan fingerprint density at radius 3 is 2.68 bits per heavy atom. The number of rotatable bonds is 8. The van der Waals surface area contributed by atoms with Crippen molar-refractivity contribution in [3.05, 3.63) is 57.6 Å². The molecule has 8 heteroatoms. The number of likely N-dealkylation sites (tertiary alicyclic amines) is 1. The van der Waals surface area contributed by atoms with Crippen LogP contribution in [0.25, 0.3) is 12.2 Å². The van der Waals surface area contributed by atoms with Gasteiger partial charge in [0.25, 0.3) is 0 Å². The molecule has 2 saturated heterocycles. The van der Waals surface area contributed by atoms with Gasteiger partial charge in [0.1, 0.15) is 0 Å². The molecule has 2 aliphatic rings. The van der Waals surface area contributed by atoms with Crippen LogP contribution in [0, 0.1) is 24.2 Å². The molecule has 3 heterocycles. The van der Waals surface area contributed by atoms with E-state index in [1.807, 2.05) is 32.0 Å². The van der Waals surface area contributed by atoms with Gasteiger partial charge in [-0.1, -0.05) is 31.7 Å². The first kappa shape index (κ1) is 27.6. The van der Waals surface area contributed by atoms with E-state index < -0.39 is 0 Å². The number of aliphatic hydroxyl groups excluding tert-OH is 1. The van der Waals surface area contributed by atoms with Gasteiger partial charge in [-0.2, -0.15) is 5.26 Å². The number of nitriles is 1. The molecule has 0 amide bonds. The summed E-state index contributed by atoms with van der Waals surface area (Å²) in [6, 6.07) is 8.56. The third-order valence-corrected chi connectivity index (χ3v) is 8.28. The summed E-state index contributed by atoms with van der Waals surface area (Å²) in [5.41, 5.74) is 3.55. The Balaban J connectivity index is 1.78. The Morgan fingerprint density at radius 1 is 1.32 bits per heavy atom. The number of nitrogens with one attached hydrogen (secondary N) is 1. The number of anilines is 2. The third-order valence-electron chi connectivity index (χ3n) is 8.28. The monoisotopic (exact) mass is 515 g/mol. The lowest BCUT2D eigenvalue weighted by Crippen LogP contribution is -2.59. The molecule has 0 spiro atoms. The van der Waals surface area contributed by atoms with Crippen LogP contribution in [0.4, 0.5) is 11.6 Å². The molecular weight excluding hydrogens is 474 g/mol. The van der Waals surface area contributed by atoms with Crippen LogP contribution < -0.4 is 20.7 Å². The van der Waals surface area contributed by atoms with Crippen LogP contribution >= 0.6 is 0 Å². The SMILES string of the molecule is C=C(/C=c1/c(N[C@H](C)c2cccc(C#N)c2C)nnc(N2CC(N(C)C)C2)/c1=C/C)N1CCC(C)[C@@H]1CO. The summed E-state index contributed by atoms with van der Waals surface area (Å²) < 4.78 is 0. The largest absolute Gasteiger partial charge is 0.394 e. The van der Waals surface area contributed by atoms with Crippen molar-refractivity contribution in [2.24, 2.45) is 5.92 Å². The summed E-state index contributed by atoms with van der Waals surface area (Å²) in [4.78, 5) is 6.73. The average Bonchev–Trinajstić information content (AvgIpc) is 3.24. The number of aliphatic hydroxyl groups is 1. The Bertz CT molecular complexity index is 1340. The number of aromatic nitrogens is 2. The molecule has 38 heavy (non-hydrogen) atoms. The lowest BCUT2D eigenvalue weighted by atomic mass is 9.98. The average molecular weight is 516 g/mol. The summed E-state index contributed by atoms with van der Waals surface area (Å²) in [5.74, 6) is 1.96. The van der Waals surface area contributed by atoms with Crippen LogP contribution in [-0.2, 0) is 0 Å². The molecule has 0 saturated carbocycles. The quantitative estimate of drug-likeness (QED) is 0.554. The van der Waals surface area contributed by atoms with Crippen molar-refractivity contribution in [1.29, 1.82) is 5.26 Å². The molecule has 2 N–H and O–H groups in total. The Labute approximate surface area is 226 Å². The number of benzene rings is 1. The minimum absolute atomic E-state index is 0.0602. The minimum Gasteiger partial charge on any atom is -0.394 e. The molecule has 4 rings (SSSR count). The van der Waals surface area contributed by atoms with Gasteiger partial charge in [0.15, 0.2) is 11.6 Å². The molecule has 2 aliphatic heterocycles. The summed E-state index contributed by atoms with van der Waals surface area (Å²) in [6.07, 6.45) is 5.21. The lowest BCUT2D eigenvalue weighted by Gasteiger charge is -2.43. The van der Waals surface area contributed by atoms with Crippen LogP contribution in [0.3, 0.4) is 0 Å². The number of likely N-dealkylation sites (N-methyl/N-ethyl adjacent to an activating group) is 1. The second-order valence-electron chi connectivity index (χ2n) is 10.9. The van der Waals surface area contributed by atoms with Gasteiger partial charge >= 0.3 is 0 Å². The highest BCUT2D eigenvalue weighted by atomic mass is 16.3. The standard InChI is InChI=1S/C30H41N7O/c1-8-25-27(14-20(3)37-13-12-19(2)28(37)18-38)29(33-34-30(25)36-16-24(17-36)35(6)7)32-22(5)26-11-9-10-23(15-31)21(26)4/h8-11,14,19,22,24,28,38H,3,12-13,16-18H2,1-2,4-7H3,(H,32,33)/b25-8+,27-14+/t19?,22-,28+/m1/s1. The van der Waals surface area contributed by atoms with E-state index in [2.05, 4.69) is 83.0 Å². The molecule has 0 bridgehead atoms. The summed E-state index contributed by atoms with van der Waals surface area (Å²) in [5, 5.41) is 34.5. The van der Waals surface area contributed by atoms with E-state index in [4.69, 9.17) is 0 Å². The fourth-order valence-electron chi connectivity index (χ4n) is 5.60. The van der Waals surface area contributed by atoms with Gasteiger partial charge in [0.2, 0.25) is 0 Å². The Morgan fingerprint density at radius 2 is 2.05 bits per heavy atom.